The molecule has 0 bridgehead atoms. The molecule has 0 aliphatic carbocycles. The Hall–Kier alpha value is -0.0400. The van der Waals surface area contributed by atoms with E-state index in [-0.39, 0.29) is 6.61 Å². The summed E-state index contributed by atoms with van der Waals surface area (Å²) in [6.07, 6.45) is 1.93. The molecule has 0 fully saturated rings. The normalized spacial score (nSPS) is 10.3. The quantitative estimate of drug-likeness (QED) is 0.517. The Kier molecular flexibility index (Phi) is 4.10. The van der Waals surface area contributed by atoms with Gasteiger partial charge in [-0.3, -0.25) is 0 Å². The zero-order chi connectivity index (χ0) is 5.70. The monoisotopic (exact) mass is 101 g/mol. The van der Waals surface area contributed by atoms with Gasteiger partial charge in [0.1, 0.15) is 0 Å². The summed E-state index contributed by atoms with van der Waals surface area (Å²) in [7, 11) is 0. The maximum atomic E-state index is 9.83. The Morgan fingerprint density at radius 3 is 2.14 bits per heavy atom. The van der Waals surface area contributed by atoms with Crippen molar-refractivity contribution in [3.63, 3.8) is 0 Å². The highest BCUT2D eigenvalue weighted by Gasteiger charge is 1.90. The Morgan fingerprint density at radius 1 is 1.43 bits per heavy atom. The minimum atomic E-state index is 0.0954. The number of hydrogen-bond acceptors (Lipinski definition) is 0. The van der Waals surface area contributed by atoms with Crippen LogP contribution in [0.1, 0.15) is 26.7 Å². The lowest BCUT2D eigenvalue weighted by Gasteiger charge is -1.97. The second-order valence-corrected chi connectivity index (χ2v) is 2.24. The van der Waals surface area contributed by atoms with Crippen molar-refractivity contribution < 1.29 is 5.11 Å². The van der Waals surface area contributed by atoms with Gasteiger partial charge in [0.25, 0.3) is 0 Å². The summed E-state index contributed by atoms with van der Waals surface area (Å²) >= 11 is 0. The average molecular weight is 101 g/mol. The van der Waals surface area contributed by atoms with Crippen LogP contribution in [0, 0.1) is 5.92 Å². The molecule has 0 saturated heterocycles. The first-order valence-electron chi connectivity index (χ1n) is 2.85. The van der Waals surface area contributed by atoms with E-state index in [1.807, 2.05) is 0 Å². The van der Waals surface area contributed by atoms with E-state index in [0.29, 0.717) is 5.92 Å². The first kappa shape index (κ1) is 6.96. The van der Waals surface area contributed by atoms with Crippen LogP contribution in [-0.2, 0) is 5.11 Å². The summed E-state index contributed by atoms with van der Waals surface area (Å²) in [6, 6.07) is 0. The van der Waals surface area contributed by atoms with Gasteiger partial charge in [-0.1, -0.05) is 13.8 Å². The first-order chi connectivity index (χ1) is 3.27. The van der Waals surface area contributed by atoms with Crippen molar-refractivity contribution in [2.45, 2.75) is 26.7 Å². The zero-order valence-electron chi connectivity index (χ0n) is 5.11. The molecule has 0 amide bonds. The molecule has 1 heteroatoms. The molecule has 0 aromatic carbocycles. The van der Waals surface area contributed by atoms with E-state index in [4.69, 9.17) is 0 Å². The van der Waals surface area contributed by atoms with Gasteiger partial charge in [-0.2, -0.15) is 0 Å². The molecule has 0 aliphatic rings. The van der Waals surface area contributed by atoms with Gasteiger partial charge in [0.2, 0.25) is 0 Å². The molecule has 0 aliphatic heterocycles. The Labute approximate surface area is 45.4 Å². The summed E-state index contributed by atoms with van der Waals surface area (Å²) in [5.41, 5.74) is 0. The average Bonchev–Trinajstić information content (AvgIpc) is 1.61. The third-order valence-electron chi connectivity index (χ3n) is 0.926. The van der Waals surface area contributed by atoms with Gasteiger partial charge >= 0.3 is 0 Å². The molecule has 0 spiro atoms. The van der Waals surface area contributed by atoms with Gasteiger partial charge in [-0.05, 0) is 18.8 Å². The second-order valence-electron chi connectivity index (χ2n) is 2.24. The highest BCUT2D eigenvalue weighted by atomic mass is 16.2. The maximum absolute atomic E-state index is 9.83. The molecular formula is C6H13O. The predicted octanol–water partition coefficient (Wildman–Crippen LogP) is 1.85. The van der Waals surface area contributed by atoms with E-state index in [0.717, 1.165) is 12.8 Å². The van der Waals surface area contributed by atoms with E-state index in [1.54, 1.807) is 0 Å². The second kappa shape index (κ2) is 4.13. The lowest BCUT2D eigenvalue weighted by atomic mass is 10.1. The van der Waals surface area contributed by atoms with Crippen LogP contribution in [-0.4, -0.2) is 6.61 Å². The van der Waals surface area contributed by atoms with E-state index in [2.05, 4.69) is 13.8 Å². The fourth-order valence-corrected chi connectivity index (χ4v) is 0.492. The van der Waals surface area contributed by atoms with Gasteiger partial charge in [-0.15, -0.1) is 0 Å². The highest BCUT2D eigenvalue weighted by molar-refractivity contribution is 4.42. The largest absolute Gasteiger partial charge is 0.237 e. The zero-order valence-corrected chi connectivity index (χ0v) is 5.11. The van der Waals surface area contributed by atoms with E-state index in [9.17, 15) is 5.11 Å². The van der Waals surface area contributed by atoms with Crippen LogP contribution in [0.25, 0.3) is 0 Å². The molecular weight excluding hydrogens is 88.1 g/mol. The van der Waals surface area contributed by atoms with Gasteiger partial charge < -0.3 is 0 Å². The maximum Gasteiger partial charge on any atom is 0.0822 e. The van der Waals surface area contributed by atoms with Crippen molar-refractivity contribution in [3.05, 3.63) is 0 Å². The third kappa shape index (κ3) is 5.96. The molecule has 0 rings (SSSR count). The van der Waals surface area contributed by atoms with Crippen LogP contribution >= 0.6 is 0 Å². The Balaban J connectivity index is 2.68. The molecule has 0 N–H and O–H groups in total. The summed E-state index contributed by atoms with van der Waals surface area (Å²) in [4.78, 5) is 0. The highest BCUT2D eigenvalue weighted by Crippen LogP contribution is 2.01. The summed E-state index contributed by atoms with van der Waals surface area (Å²) in [5, 5.41) is 9.83. The Morgan fingerprint density at radius 2 is 2.00 bits per heavy atom. The predicted molar refractivity (Wildman–Crippen MR) is 29.6 cm³/mol. The van der Waals surface area contributed by atoms with E-state index in [1.165, 1.54) is 0 Å². The molecule has 0 saturated carbocycles. The van der Waals surface area contributed by atoms with Gasteiger partial charge in [-0.25, -0.2) is 5.11 Å². The Bertz CT molecular complexity index is 33.2. The van der Waals surface area contributed by atoms with E-state index >= 15 is 0 Å². The summed E-state index contributed by atoms with van der Waals surface area (Å²) < 4.78 is 0. The van der Waals surface area contributed by atoms with Gasteiger partial charge in [0, 0.05) is 0 Å². The summed E-state index contributed by atoms with van der Waals surface area (Å²) in [6.45, 7) is 4.36. The van der Waals surface area contributed by atoms with Crippen LogP contribution in [0.3, 0.4) is 0 Å². The van der Waals surface area contributed by atoms with Crippen molar-refractivity contribution >= 4 is 0 Å². The first-order valence-corrected chi connectivity index (χ1v) is 2.85. The third-order valence-corrected chi connectivity index (χ3v) is 0.926. The molecule has 0 unspecified atom stereocenters. The van der Waals surface area contributed by atoms with Gasteiger partial charge in [0.05, 0.1) is 6.61 Å². The van der Waals surface area contributed by atoms with Crippen molar-refractivity contribution in [1.29, 1.82) is 0 Å². The fourth-order valence-electron chi connectivity index (χ4n) is 0.492. The molecule has 0 heterocycles. The van der Waals surface area contributed by atoms with Crippen molar-refractivity contribution in [2.75, 3.05) is 6.61 Å². The molecule has 0 atom stereocenters. The summed E-state index contributed by atoms with van der Waals surface area (Å²) in [5.74, 6) is 0.703. The molecule has 0 aromatic heterocycles. The molecule has 1 radical (unpaired) electrons. The minimum absolute atomic E-state index is 0.0954. The van der Waals surface area contributed by atoms with Crippen LogP contribution in [0.4, 0.5) is 0 Å². The molecule has 43 valence electrons. The van der Waals surface area contributed by atoms with E-state index < -0.39 is 0 Å². The van der Waals surface area contributed by atoms with Crippen LogP contribution in [0.2, 0.25) is 0 Å². The van der Waals surface area contributed by atoms with Crippen molar-refractivity contribution in [1.82, 2.24) is 0 Å². The molecule has 0 aromatic rings. The van der Waals surface area contributed by atoms with Crippen molar-refractivity contribution in [3.8, 4) is 0 Å². The number of hydrogen-bond donors (Lipinski definition) is 0. The smallest absolute Gasteiger partial charge is 0.0822 e. The fraction of sp³-hybridized carbons (Fsp3) is 1.00. The minimum Gasteiger partial charge on any atom is -0.237 e. The number of rotatable bonds is 3. The van der Waals surface area contributed by atoms with Crippen LogP contribution < -0.4 is 0 Å². The van der Waals surface area contributed by atoms with Gasteiger partial charge in [0.15, 0.2) is 0 Å². The van der Waals surface area contributed by atoms with Crippen LogP contribution in [0.15, 0.2) is 0 Å². The lowest BCUT2D eigenvalue weighted by molar-refractivity contribution is 0.182. The topological polar surface area (TPSA) is 19.9 Å². The molecule has 7 heavy (non-hydrogen) atoms. The standard InChI is InChI=1S/C6H13O/c1-6(2)4-3-5-7/h6H,3-5H2,1-2H3. The SMILES string of the molecule is CC(C)CCC[O]. The van der Waals surface area contributed by atoms with Crippen LogP contribution in [0.5, 0.6) is 0 Å². The van der Waals surface area contributed by atoms with Crippen molar-refractivity contribution in [2.24, 2.45) is 5.92 Å². The lowest BCUT2D eigenvalue weighted by Crippen LogP contribution is -1.88. The molecule has 1 nitrogen and oxygen atoms in total.